The summed E-state index contributed by atoms with van der Waals surface area (Å²) in [7, 11) is -3.22. The molecule has 2 aromatic carbocycles. The van der Waals surface area contributed by atoms with Gasteiger partial charge >= 0.3 is 0 Å². The number of rotatable bonds is 8. The third-order valence-corrected chi connectivity index (χ3v) is 11.4. The molecule has 0 saturated carbocycles. The Morgan fingerprint density at radius 1 is 0.837 bits per heavy atom. The number of sulfone groups is 1. The normalized spacial score (nSPS) is 25.0. The van der Waals surface area contributed by atoms with Crippen LogP contribution in [0.3, 0.4) is 0 Å². The van der Waals surface area contributed by atoms with Crippen LogP contribution in [0, 0.1) is 17.3 Å². The van der Waals surface area contributed by atoms with Gasteiger partial charge in [-0.2, -0.15) is 0 Å². The molecule has 0 radical (unpaired) electrons. The summed E-state index contributed by atoms with van der Waals surface area (Å²) in [5.74, 6) is 2.21. The number of benzene rings is 2. The van der Waals surface area contributed by atoms with Crippen molar-refractivity contribution in [3.05, 3.63) is 65.7 Å². The van der Waals surface area contributed by atoms with E-state index in [0.717, 1.165) is 83.2 Å². The number of nitrogens with zero attached hydrogens (tertiary/aromatic N) is 3. The molecule has 2 atom stereocenters. The van der Waals surface area contributed by atoms with Gasteiger partial charge in [0.2, 0.25) is 5.91 Å². The summed E-state index contributed by atoms with van der Waals surface area (Å²) in [5, 5.41) is 0. The van der Waals surface area contributed by atoms with Crippen LogP contribution in [0.25, 0.3) is 0 Å². The van der Waals surface area contributed by atoms with Gasteiger partial charge in [0.25, 0.3) is 0 Å². The van der Waals surface area contributed by atoms with Crippen LogP contribution in [-0.4, -0.2) is 94.3 Å². The summed E-state index contributed by atoms with van der Waals surface area (Å²) in [6.45, 7) is 9.71. The first-order valence-electron chi connectivity index (χ1n) is 15.4. The maximum absolute atomic E-state index is 13.6. The predicted octanol–water partition coefficient (Wildman–Crippen LogP) is 4.89. The van der Waals surface area contributed by atoms with E-state index in [4.69, 9.17) is 4.74 Å². The first kappa shape index (κ1) is 34.2. The molecule has 4 aliphatic rings. The zero-order valence-electron chi connectivity index (χ0n) is 25.2. The van der Waals surface area contributed by atoms with Gasteiger partial charge in [-0.25, -0.2) is 8.42 Å². The third-order valence-electron chi connectivity index (χ3n) is 10.2. The lowest BCUT2D eigenvalue weighted by molar-refractivity contribution is -0.139. The average Bonchev–Trinajstić information content (AvgIpc) is 3.51. The van der Waals surface area contributed by atoms with E-state index >= 15 is 0 Å². The Kier molecular flexibility index (Phi) is 11.6. The number of carbonyl (C=O) groups excluding carboxylic acids is 1. The number of amides is 1. The van der Waals surface area contributed by atoms with Crippen LogP contribution in [0.4, 0.5) is 0 Å². The van der Waals surface area contributed by atoms with Crippen molar-refractivity contribution in [2.75, 3.05) is 65.3 Å². The second-order valence-corrected chi connectivity index (χ2v) is 15.0. The van der Waals surface area contributed by atoms with Crippen LogP contribution >= 0.6 is 24.8 Å². The number of carbonyl (C=O) groups is 1. The van der Waals surface area contributed by atoms with Crippen molar-refractivity contribution in [2.24, 2.45) is 17.3 Å². The van der Waals surface area contributed by atoms with Crippen molar-refractivity contribution in [2.45, 2.75) is 49.5 Å². The Labute approximate surface area is 270 Å². The molecule has 6 rings (SSSR count). The van der Waals surface area contributed by atoms with Crippen molar-refractivity contribution in [3.8, 4) is 0 Å². The van der Waals surface area contributed by atoms with E-state index in [1.165, 1.54) is 31.2 Å². The number of hydrogen-bond donors (Lipinski definition) is 0. The Bertz CT molecular complexity index is 1300. The van der Waals surface area contributed by atoms with Gasteiger partial charge in [-0.3, -0.25) is 4.79 Å². The van der Waals surface area contributed by atoms with Crippen LogP contribution in [0.1, 0.15) is 49.1 Å². The summed E-state index contributed by atoms with van der Waals surface area (Å²) in [6, 6.07) is 18.1. The number of likely N-dealkylation sites (tertiary alicyclic amines) is 3. The fraction of sp³-hybridized carbons (Fsp3) is 0.606. The van der Waals surface area contributed by atoms with E-state index in [-0.39, 0.29) is 36.1 Å². The molecule has 4 aliphatic heterocycles. The van der Waals surface area contributed by atoms with Crippen LogP contribution in [0.2, 0.25) is 0 Å². The molecule has 4 heterocycles. The molecule has 0 aliphatic carbocycles. The van der Waals surface area contributed by atoms with Gasteiger partial charge in [0, 0.05) is 64.7 Å². The zero-order chi connectivity index (χ0) is 28.5. The van der Waals surface area contributed by atoms with Crippen molar-refractivity contribution < 1.29 is 17.9 Å². The Morgan fingerprint density at radius 3 is 2.14 bits per heavy atom. The Balaban J connectivity index is 0.00000212. The lowest BCUT2D eigenvalue weighted by Gasteiger charge is -2.39. The van der Waals surface area contributed by atoms with Crippen LogP contribution in [0.5, 0.6) is 0 Å². The van der Waals surface area contributed by atoms with E-state index in [2.05, 4.69) is 40.1 Å². The average molecular weight is 653 g/mol. The van der Waals surface area contributed by atoms with Gasteiger partial charge in [0.05, 0.1) is 10.3 Å². The second kappa shape index (κ2) is 14.6. The first-order chi connectivity index (χ1) is 19.8. The quantitative estimate of drug-likeness (QED) is 0.405. The predicted molar refractivity (Wildman–Crippen MR) is 175 cm³/mol. The summed E-state index contributed by atoms with van der Waals surface area (Å²) >= 11 is 0. The lowest BCUT2D eigenvalue weighted by Crippen LogP contribution is -2.46. The standard InChI is InChI=1S/C33H45N3O4S.2ClH/c1-41(38,39)30-9-7-26(8-10-30)22-36-18-15-33(32(36)37)13-16-34(17-14-33)23-29-24-35(21-27-11-19-40-20-12-27)25-31(29)28-5-3-2-4-6-28;;/h2-10,27,29,31H,11-25H2,1H3;2*1H/t29-,31?;;/m0../s1. The largest absolute Gasteiger partial charge is 0.381 e. The van der Waals surface area contributed by atoms with Gasteiger partial charge < -0.3 is 19.4 Å². The van der Waals surface area contributed by atoms with Crippen LogP contribution in [-0.2, 0) is 25.9 Å². The molecule has 7 nitrogen and oxygen atoms in total. The highest BCUT2D eigenvalue weighted by molar-refractivity contribution is 7.90. The monoisotopic (exact) mass is 651 g/mol. The SMILES string of the molecule is CS(=O)(=O)c1ccc(CN2CCC3(CCN(C[C@H]4CN(CC5CCOCC5)CC4c4ccccc4)CC3)C2=O)cc1.Cl.Cl. The maximum Gasteiger partial charge on any atom is 0.229 e. The maximum atomic E-state index is 13.6. The first-order valence-corrected chi connectivity index (χ1v) is 17.3. The highest BCUT2D eigenvalue weighted by atomic mass is 35.5. The van der Waals surface area contributed by atoms with Gasteiger partial charge in [-0.05, 0) is 80.3 Å². The summed E-state index contributed by atoms with van der Waals surface area (Å²) in [4.78, 5) is 21.3. The highest BCUT2D eigenvalue weighted by Gasteiger charge is 2.48. The van der Waals surface area contributed by atoms with Gasteiger partial charge in [0.15, 0.2) is 9.84 Å². The highest BCUT2D eigenvalue weighted by Crippen LogP contribution is 2.43. The molecule has 0 N–H and O–H groups in total. The minimum atomic E-state index is -3.22. The molecule has 4 fully saturated rings. The molecule has 4 saturated heterocycles. The molecule has 10 heteroatoms. The molecule has 2 aromatic rings. The van der Waals surface area contributed by atoms with E-state index in [9.17, 15) is 13.2 Å². The molecule has 238 valence electrons. The topological polar surface area (TPSA) is 70.2 Å². The van der Waals surface area contributed by atoms with Crippen molar-refractivity contribution in [3.63, 3.8) is 0 Å². The van der Waals surface area contributed by atoms with Crippen LogP contribution in [0.15, 0.2) is 59.5 Å². The van der Waals surface area contributed by atoms with Crippen LogP contribution < -0.4 is 0 Å². The van der Waals surface area contributed by atoms with Crippen molar-refractivity contribution >= 4 is 40.6 Å². The van der Waals surface area contributed by atoms with Gasteiger partial charge in [0.1, 0.15) is 0 Å². The molecular formula is C33H47Cl2N3O4S. The van der Waals surface area contributed by atoms with Gasteiger partial charge in [-0.15, -0.1) is 24.8 Å². The molecule has 1 unspecified atom stereocenters. The summed E-state index contributed by atoms with van der Waals surface area (Å²) in [6.07, 6.45) is 6.38. The number of hydrogen-bond acceptors (Lipinski definition) is 6. The summed E-state index contributed by atoms with van der Waals surface area (Å²) < 4.78 is 29.2. The molecule has 1 spiro atoms. The molecule has 0 aromatic heterocycles. The molecule has 0 bridgehead atoms. The smallest absolute Gasteiger partial charge is 0.229 e. The number of halogens is 2. The third kappa shape index (κ3) is 7.95. The molecule has 43 heavy (non-hydrogen) atoms. The van der Waals surface area contributed by atoms with E-state index in [1.54, 1.807) is 12.1 Å². The molecule has 1 amide bonds. The Hall–Kier alpha value is -1.68. The zero-order valence-corrected chi connectivity index (χ0v) is 27.7. The van der Waals surface area contributed by atoms with Crippen molar-refractivity contribution in [1.82, 2.24) is 14.7 Å². The number of piperidine rings is 1. The summed E-state index contributed by atoms with van der Waals surface area (Å²) in [5.41, 5.74) is 2.22. The van der Waals surface area contributed by atoms with Gasteiger partial charge in [-0.1, -0.05) is 42.5 Å². The van der Waals surface area contributed by atoms with E-state index < -0.39 is 9.84 Å². The fourth-order valence-corrected chi connectivity index (χ4v) is 8.36. The Morgan fingerprint density at radius 2 is 1.49 bits per heavy atom. The van der Waals surface area contributed by atoms with E-state index in [1.807, 2.05) is 17.0 Å². The minimum Gasteiger partial charge on any atom is -0.381 e. The lowest BCUT2D eigenvalue weighted by atomic mass is 9.76. The van der Waals surface area contributed by atoms with Crippen molar-refractivity contribution in [1.29, 1.82) is 0 Å². The minimum absolute atomic E-state index is 0. The number of ether oxygens (including phenoxy) is 1. The second-order valence-electron chi connectivity index (χ2n) is 13.0. The molecular weight excluding hydrogens is 605 g/mol. The fourth-order valence-electron chi connectivity index (χ4n) is 7.73. The van der Waals surface area contributed by atoms with E-state index in [0.29, 0.717) is 23.3 Å².